The summed E-state index contributed by atoms with van der Waals surface area (Å²) in [6.45, 7) is 3.74. The minimum absolute atomic E-state index is 0.112. The average molecular weight is 252 g/mol. The van der Waals surface area contributed by atoms with Gasteiger partial charge in [-0.15, -0.1) is 0 Å². The second-order valence-electron chi connectivity index (χ2n) is 4.68. The monoisotopic (exact) mass is 252 g/mol. The molecule has 2 heterocycles. The third-order valence-corrected chi connectivity index (χ3v) is 3.43. The molecule has 2 rings (SSSR count). The van der Waals surface area contributed by atoms with Crippen LogP contribution in [0.1, 0.15) is 18.9 Å². The lowest BCUT2D eigenvalue weighted by atomic mass is 9.97. The summed E-state index contributed by atoms with van der Waals surface area (Å²) in [6, 6.07) is 3.78. The van der Waals surface area contributed by atoms with Gasteiger partial charge in [0, 0.05) is 38.4 Å². The predicted molar refractivity (Wildman–Crippen MR) is 67.5 cm³/mol. The van der Waals surface area contributed by atoms with Gasteiger partial charge >= 0.3 is 0 Å². The topological polar surface area (TPSA) is 63.6 Å². The number of methoxy groups -OCH3 is 1. The van der Waals surface area contributed by atoms with Crippen LogP contribution in [0, 0.1) is 0 Å². The van der Waals surface area contributed by atoms with E-state index in [0.717, 1.165) is 5.56 Å². The first-order valence-corrected chi connectivity index (χ1v) is 6.18. The molecule has 1 aliphatic heterocycles. The molecular formula is C13H20N2O3. The lowest BCUT2D eigenvalue weighted by molar-refractivity contribution is -0.0263. The van der Waals surface area contributed by atoms with Crippen molar-refractivity contribution in [1.82, 2.24) is 10.3 Å². The van der Waals surface area contributed by atoms with Crippen LogP contribution in [0.2, 0.25) is 0 Å². The van der Waals surface area contributed by atoms with Gasteiger partial charge in [0.1, 0.15) is 5.60 Å². The van der Waals surface area contributed by atoms with E-state index in [2.05, 4.69) is 10.3 Å². The largest absolute Gasteiger partial charge is 0.481 e. The van der Waals surface area contributed by atoms with Crippen LogP contribution in [-0.4, -0.2) is 42.1 Å². The molecule has 5 nitrogen and oxygen atoms in total. The van der Waals surface area contributed by atoms with Crippen molar-refractivity contribution in [3.63, 3.8) is 0 Å². The Morgan fingerprint density at radius 2 is 2.44 bits per heavy atom. The molecule has 5 heteroatoms. The van der Waals surface area contributed by atoms with Crippen LogP contribution in [0.5, 0.6) is 5.88 Å². The SMILES string of the molecule is COc1ccc(CNCC2(O)CCOC2C)cn1. The average Bonchev–Trinajstić information content (AvgIpc) is 2.71. The summed E-state index contributed by atoms with van der Waals surface area (Å²) in [5.41, 5.74) is 0.311. The molecule has 2 N–H and O–H groups in total. The Balaban J connectivity index is 1.81. The maximum Gasteiger partial charge on any atom is 0.212 e. The molecule has 0 aliphatic carbocycles. The van der Waals surface area contributed by atoms with Gasteiger partial charge in [-0.2, -0.15) is 0 Å². The molecule has 0 bridgehead atoms. The summed E-state index contributed by atoms with van der Waals surface area (Å²) in [5, 5.41) is 13.5. The van der Waals surface area contributed by atoms with Gasteiger partial charge < -0.3 is 19.9 Å². The van der Waals surface area contributed by atoms with Crippen LogP contribution < -0.4 is 10.1 Å². The number of aliphatic hydroxyl groups is 1. The minimum atomic E-state index is -0.750. The Hall–Kier alpha value is -1.17. The van der Waals surface area contributed by atoms with E-state index < -0.39 is 5.60 Å². The van der Waals surface area contributed by atoms with Crippen molar-refractivity contribution < 1.29 is 14.6 Å². The molecule has 0 saturated carbocycles. The Labute approximate surface area is 107 Å². The first-order chi connectivity index (χ1) is 8.64. The highest BCUT2D eigenvalue weighted by atomic mass is 16.5. The molecule has 2 unspecified atom stereocenters. The quantitative estimate of drug-likeness (QED) is 0.808. The number of pyridine rings is 1. The third kappa shape index (κ3) is 2.98. The standard InChI is InChI=1S/C13H20N2O3/c1-10-13(16,5-6-18-10)9-14-7-11-3-4-12(17-2)15-8-11/h3-4,8,10,14,16H,5-7,9H2,1-2H3. The third-order valence-electron chi connectivity index (χ3n) is 3.43. The van der Waals surface area contributed by atoms with E-state index >= 15 is 0 Å². The molecule has 1 aromatic heterocycles. The second-order valence-corrected chi connectivity index (χ2v) is 4.68. The zero-order valence-corrected chi connectivity index (χ0v) is 10.8. The van der Waals surface area contributed by atoms with Crippen molar-refractivity contribution in [2.24, 2.45) is 0 Å². The fourth-order valence-electron chi connectivity index (χ4n) is 2.06. The zero-order chi connectivity index (χ0) is 13.0. The first kappa shape index (κ1) is 13.3. The highest BCUT2D eigenvalue weighted by Crippen LogP contribution is 2.24. The molecule has 1 aliphatic rings. The maximum atomic E-state index is 10.3. The molecule has 18 heavy (non-hydrogen) atoms. The van der Waals surface area contributed by atoms with Crippen LogP contribution in [0.4, 0.5) is 0 Å². The van der Waals surface area contributed by atoms with Crippen LogP contribution in [0.3, 0.4) is 0 Å². The lowest BCUT2D eigenvalue weighted by Crippen LogP contribution is -2.45. The van der Waals surface area contributed by atoms with Crippen molar-refractivity contribution in [2.75, 3.05) is 20.3 Å². The van der Waals surface area contributed by atoms with Gasteiger partial charge in [-0.05, 0) is 12.5 Å². The molecule has 0 radical (unpaired) electrons. The summed E-state index contributed by atoms with van der Waals surface area (Å²) in [7, 11) is 1.59. The molecule has 2 atom stereocenters. The van der Waals surface area contributed by atoms with Gasteiger partial charge in [-0.1, -0.05) is 6.07 Å². The first-order valence-electron chi connectivity index (χ1n) is 6.18. The molecule has 1 saturated heterocycles. The van der Waals surface area contributed by atoms with Crippen LogP contribution in [0.15, 0.2) is 18.3 Å². The van der Waals surface area contributed by atoms with Crippen molar-refractivity contribution >= 4 is 0 Å². The molecule has 100 valence electrons. The van der Waals surface area contributed by atoms with Crippen molar-refractivity contribution in [2.45, 2.75) is 31.6 Å². The Morgan fingerprint density at radius 3 is 3.00 bits per heavy atom. The highest BCUT2D eigenvalue weighted by Gasteiger charge is 2.38. The van der Waals surface area contributed by atoms with Crippen LogP contribution >= 0.6 is 0 Å². The maximum absolute atomic E-state index is 10.3. The number of aromatic nitrogens is 1. The van der Waals surface area contributed by atoms with Crippen molar-refractivity contribution in [1.29, 1.82) is 0 Å². The van der Waals surface area contributed by atoms with E-state index in [0.29, 0.717) is 32.0 Å². The van der Waals surface area contributed by atoms with Crippen LogP contribution in [-0.2, 0) is 11.3 Å². The number of ether oxygens (including phenoxy) is 2. The smallest absolute Gasteiger partial charge is 0.212 e. The van der Waals surface area contributed by atoms with Crippen LogP contribution in [0.25, 0.3) is 0 Å². The van der Waals surface area contributed by atoms with E-state index in [1.165, 1.54) is 0 Å². The van der Waals surface area contributed by atoms with E-state index in [1.54, 1.807) is 13.3 Å². The fourth-order valence-corrected chi connectivity index (χ4v) is 2.06. The Bertz CT molecular complexity index is 382. The van der Waals surface area contributed by atoms with Crippen molar-refractivity contribution in [3.8, 4) is 5.88 Å². The Kier molecular flexibility index (Phi) is 4.16. The molecule has 0 amide bonds. The molecule has 1 aromatic rings. The van der Waals surface area contributed by atoms with Gasteiger partial charge in [0.15, 0.2) is 0 Å². The van der Waals surface area contributed by atoms with E-state index in [1.807, 2.05) is 19.1 Å². The van der Waals surface area contributed by atoms with Gasteiger partial charge in [0.05, 0.1) is 13.2 Å². The summed E-state index contributed by atoms with van der Waals surface area (Å²) in [4.78, 5) is 4.13. The molecular weight excluding hydrogens is 232 g/mol. The summed E-state index contributed by atoms with van der Waals surface area (Å²) >= 11 is 0. The van der Waals surface area contributed by atoms with E-state index in [9.17, 15) is 5.11 Å². The summed E-state index contributed by atoms with van der Waals surface area (Å²) in [6.07, 6.45) is 2.34. The number of hydrogen-bond donors (Lipinski definition) is 2. The van der Waals surface area contributed by atoms with Gasteiger partial charge in [0.2, 0.25) is 5.88 Å². The minimum Gasteiger partial charge on any atom is -0.481 e. The second kappa shape index (κ2) is 5.65. The zero-order valence-electron chi connectivity index (χ0n) is 10.8. The Morgan fingerprint density at radius 1 is 1.61 bits per heavy atom. The highest BCUT2D eigenvalue weighted by molar-refractivity contribution is 5.17. The number of rotatable bonds is 5. The lowest BCUT2D eigenvalue weighted by Gasteiger charge is -2.26. The summed E-state index contributed by atoms with van der Waals surface area (Å²) in [5.74, 6) is 0.607. The predicted octanol–water partition coefficient (Wildman–Crippen LogP) is 0.720. The molecule has 0 spiro atoms. The van der Waals surface area contributed by atoms with Gasteiger partial charge in [0.25, 0.3) is 0 Å². The molecule has 1 fully saturated rings. The van der Waals surface area contributed by atoms with Crippen molar-refractivity contribution in [3.05, 3.63) is 23.9 Å². The fraction of sp³-hybridized carbons (Fsp3) is 0.615. The summed E-state index contributed by atoms with van der Waals surface area (Å²) < 4.78 is 10.4. The van der Waals surface area contributed by atoms with Gasteiger partial charge in [-0.25, -0.2) is 4.98 Å². The normalized spacial score (nSPS) is 27.4. The van der Waals surface area contributed by atoms with E-state index in [4.69, 9.17) is 9.47 Å². The molecule has 0 aromatic carbocycles. The number of hydrogen-bond acceptors (Lipinski definition) is 5. The van der Waals surface area contributed by atoms with E-state index in [-0.39, 0.29) is 6.10 Å². The number of nitrogens with one attached hydrogen (secondary N) is 1. The van der Waals surface area contributed by atoms with Gasteiger partial charge in [-0.3, -0.25) is 0 Å². The number of nitrogens with zero attached hydrogens (tertiary/aromatic N) is 1.